The van der Waals surface area contributed by atoms with Gasteiger partial charge >= 0.3 is 0 Å². The minimum atomic E-state index is -3.57. The molecule has 0 heterocycles. The smallest absolute Gasteiger partial charge is 0.244 e. The number of nitrogens with two attached hydrogens (primary N) is 1. The van der Waals surface area contributed by atoms with Crippen molar-refractivity contribution < 1.29 is 13.2 Å². The summed E-state index contributed by atoms with van der Waals surface area (Å²) in [7, 11) is -3.57. The molecule has 5 nitrogen and oxygen atoms in total. The van der Waals surface area contributed by atoms with Gasteiger partial charge in [0, 0.05) is 12.2 Å². The Balaban J connectivity index is 2.08. The van der Waals surface area contributed by atoms with E-state index in [9.17, 15) is 8.42 Å². The maximum atomic E-state index is 12.3. The molecular formula is C14H22N2O3S. The number of nitrogen functional groups attached to an aromatic ring is 1. The monoisotopic (exact) mass is 298 g/mol. The summed E-state index contributed by atoms with van der Waals surface area (Å²) in [6.07, 6.45) is 4.58. The summed E-state index contributed by atoms with van der Waals surface area (Å²) in [5.74, 6) is 1.02. The van der Waals surface area contributed by atoms with Gasteiger partial charge in [0.15, 0.2) is 0 Å². The number of ether oxygens (including phenoxy) is 1. The molecule has 0 atom stereocenters. The summed E-state index contributed by atoms with van der Waals surface area (Å²) in [4.78, 5) is 0.118. The molecular weight excluding hydrogens is 276 g/mol. The maximum Gasteiger partial charge on any atom is 0.244 e. The predicted octanol–water partition coefficient (Wildman–Crippen LogP) is 2.14. The van der Waals surface area contributed by atoms with Crippen molar-refractivity contribution in [3.63, 3.8) is 0 Å². The second kappa shape index (κ2) is 6.45. The van der Waals surface area contributed by atoms with Crippen LogP contribution in [0, 0.1) is 5.92 Å². The van der Waals surface area contributed by atoms with Crippen molar-refractivity contribution in [3.05, 3.63) is 18.2 Å². The largest absolute Gasteiger partial charge is 0.492 e. The van der Waals surface area contributed by atoms with Gasteiger partial charge < -0.3 is 10.5 Å². The summed E-state index contributed by atoms with van der Waals surface area (Å²) in [5, 5.41) is 0. The van der Waals surface area contributed by atoms with E-state index in [1.54, 1.807) is 12.1 Å². The van der Waals surface area contributed by atoms with Crippen molar-refractivity contribution in [2.24, 2.45) is 5.92 Å². The summed E-state index contributed by atoms with van der Waals surface area (Å²) >= 11 is 0. The zero-order valence-corrected chi connectivity index (χ0v) is 12.6. The Kier molecular flexibility index (Phi) is 4.88. The van der Waals surface area contributed by atoms with Gasteiger partial charge in [-0.2, -0.15) is 0 Å². The molecule has 1 saturated carbocycles. The lowest BCUT2D eigenvalue weighted by Gasteiger charge is -2.25. The van der Waals surface area contributed by atoms with Gasteiger partial charge in [-0.3, -0.25) is 0 Å². The summed E-state index contributed by atoms with van der Waals surface area (Å²) in [6.45, 7) is 2.69. The van der Waals surface area contributed by atoms with Crippen molar-refractivity contribution in [1.82, 2.24) is 4.72 Å². The molecule has 6 heteroatoms. The third kappa shape index (κ3) is 3.64. The molecule has 0 radical (unpaired) electrons. The van der Waals surface area contributed by atoms with E-state index >= 15 is 0 Å². The van der Waals surface area contributed by atoms with E-state index in [1.165, 1.54) is 25.3 Å². The fourth-order valence-electron chi connectivity index (χ4n) is 2.27. The second-order valence-electron chi connectivity index (χ2n) is 5.12. The Morgan fingerprint density at radius 2 is 2.15 bits per heavy atom. The minimum absolute atomic E-state index is 0.118. The first-order valence-electron chi connectivity index (χ1n) is 7.05. The van der Waals surface area contributed by atoms with E-state index in [1.807, 2.05) is 6.92 Å². The van der Waals surface area contributed by atoms with Crippen molar-refractivity contribution in [3.8, 4) is 5.75 Å². The standard InChI is InChI=1S/C14H22N2O3S/c1-2-19-13-7-6-12(15)10-14(13)20(17,18)16-9-8-11-4-3-5-11/h6-7,10-11,16H,2-5,8-9,15H2,1H3. The fraction of sp³-hybridized carbons (Fsp3) is 0.571. The second-order valence-corrected chi connectivity index (χ2v) is 6.86. The van der Waals surface area contributed by atoms with Crippen LogP contribution in [0.3, 0.4) is 0 Å². The quantitative estimate of drug-likeness (QED) is 0.756. The number of hydrogen-bond acceptors (Lipinski definition) is 4. The Bertz CT molecular complexity index is 554. The van der Waals surface area contributed by atoms with Gasteiger partial charge in [-0.1, -0.05) is 19.3 Å². The highest BCUT2D eigenvalue weighted by Gasteiger charge is 2.22. The first kappa shape index (κ1) is 15.1. The Hall–Kier alpha value is -1.27. The highest BCUT2D eigenvalue weighted by atomic mass is 32.2. The number of nitrogens with one attached hydrogen (secondary N) is 1. The normalized spacial score (nSPS) is 15.8. The number of hydrogen-bond donors (Lipinski definition) is 2. The van der Waals surface area contributed by atoms with Gasteiger partial charge in [0.2, 0.25) is 10.0 Å². The van der Waals surface area contributed by atoms with E-state index in [0.29, 0.717) is 30.5 Å². The van der Waals surface area contributed by atoms with Gasteiger partial charge in [-0.15, -0.1) is 0 Å². The summed E-state index contributed by atoms with van der Waals surface area (Å²) in [5.41, 5.74) is 6.09. The van der Waals surface area contributed by atoms with E-state index in [0.717, 1.165) is 6.42 Å². The lowest BCUT2D eigenvalue weighted by Crippen LogP contribution is -2.28. The lowest BCUT2D eigenvalue weighted by molar-refractivity contribution is 0.297. The van der Waals surface area contributed by atoms with Crippen LogP contribution in [0.4, 0.5) is 5.69 Å². The van der Waals surface area contributed by atoms with Crippen LogP contribution >= 0.6 is 0 Å². The van der Waals surface area contributed by atoms with Gasteiger partial charge in [0.1, 0.15) is 10.6 Å². The SMILES string of the molecule is CCOc1ccc(N)cc1S(=O)(=O)NCCC1CCC1. The van der Waals surface area contributed by atoms with Gasteiger partial charge in [0.25, 0.3) is 0 Å². The van der Waals surface area contributed by atoms with Gasteiger partial charge in [0.05, 0.1) is 6.61 Å². The number of sulfonamides is 1. The van der Waals surface area contributed by atoms with Crippen molar-refractivity contribution in [2.45, 2.75) is 37.5 Å². The van der Waals surface area contributed by atoms with Crippen molar-refractivity contribution in [2.75, 3.05) is 18.9 Å². The number of rotatable bonds is 7. The van der Waals surface area contributed by atoms with Crippen LogP contribution < -0.4 is 15.2 Å². The Morgan fingerprint density at radius 1 is 1.40 bits per heavy atom. The third-order valence-corrected chi connectivity index (χ3v) is 5.11. The molecule has 0 aromatic heterocycles. The Morgan fingerprint density at radius 3 is 2.75 bits per heavy atom. The molecule has 1 aromatic carbocycles. The highest BCUT2D eigenvalue weighted by molar-refractivity contribution is 7.89. The highest BCUT2D eigenvalue weighted by Crippen LogP contribution is 2.29. The Labute approximate surface area is 120 Å². The maximum absolute atomic E-state index is 12.3. The van der Waals surface area contributed by atoms with Gasteiger partial charge in [-0.25, -0.2) is 13.1 Å². The molecule has 0 aliphatic heterocycles. The molecule has 0 bridgehead atoms. The molecule has 3 N–H and O–H groups in total. The predicted molar refractivity (Wildman–Crippen MR) is 79.2 cm³/mol. The van der Waals surface area contributed by atoms with Crippen LogP contribution in [-0.4, -0.2) is 21.6 Å². The van der Waals surface area contributed by atoms with E-state index in [4.69, 9.17) is 10.5 Å². The van der Waals surface area contributed by atoms with Crippen LogP contribution in [-0.2, 0) is 10.0 Å². The summed E-state index contributed by atoms with van der Waals surface area (Å²) < 4.78 is 32.6. The zero-order chi connectivity index (χ0) is 14.6. The van der Waals surface area contributed by atoms with E-state index < -0.39 is 10.0 Å². The molecule has 0 spiro atoms. The van der Waals surface area contributed by atoms with Gasteiger partial charge in [-0.05, 0) is 37.5 Å². The third-order valence-electron chi connectivity index (χ3n) is 3.63. The van der Waals surface area contributed by atoms with E-state index in [-0.39, 0.29) is 4.90 Å². The summed E-state index contributed by atoms with van der Waals surface area (Å²) in [6, 6.07) is 4.67. The van der Waals surface area contributed by atoms with Crippen LogP contribution in [0.25, 0.3) is 0 Å². The minimum Gasteiger partial charge on any atom is -0.492 e. The molecule has 0 saturated heterocycles. The van der Waals surface area contributed by atoms with E-state index in [2.05, 4.69) is 4.72 Å². The van der Waals surface area contributed by atoms with Crippen LogP contribution in [0.15, 0.2) is 23.1 Å². The van der Waals surface area contributed by atoms with Crippen LogP contribution in [0.5, 0.6) is 5.75 Å². The van der Waals surface area contributed by atoms with Crippen LogP contribution in [0.1, 0.15) is 32.6 Å². The average molecular weight is 298 g/mol. The molecule has 20 heavy (non-hydrogen) atoms. The first-order chi connectivity index (χ1) is 9.53. The number of anilines is 1. The molecule has 0 amide bonds. The molecule has 1 aromatic rings. The molecule has 1 aliphatic carbocycles. The molecule has 1 aliphatic rings. The molecule has 1 fully saturated rings. The van der Waals surface area contributed by atoms with Crippen molar-refractivity contribution in [1.29, 1.82) is 0 Å². The average Bonchev–Trinajstić information content (AvgIpc) is 2.35. The molecule has 0 unspecified atom stereocenters. The topological polar surface area (TPSA) is 81.4 Å². The zero-order valence-electron chi connectivity index (χ0n) is 11.8. The fourth-order valence-corrected chi connectivity index (χ4v) is 3.49. The lowest BCUT2D eigenvalue weighted by atomic mass is 9.83. The number of benzene rings is 1. The molecule has 112 valence electrons. The molecule has 2 rings (SSSR count). The van der Waals surface area contributed by atoms with Crippen molar-refractivity contribution >= 4 is 15.7 Å². The van der Waals surface area contributed by atoms with Crippen LogP contribution in [0.2, 0.25) is 0 Å². The first-order valence-corrected chi connectivity index (χ1v) is 8.53.